The van der Waals surface area contributed by atoms with Crippen molar-refractivity contribution >= 4 is 24.1 Å². The van der Waals surface area contributed by atoms with Crippen LogP contribution in [0.1, 0.15) is 0 Å². The van der Waals surface area contributed by atoms with E-state index in [1.807, 2.05) is 0 Å². The Hall–Kier alpha value is 0.468. The van der Waals surface area contributed by atoms with Crippen LogP contribution >= 0.6 is 0 Å². The van der Waals surface area contributed by atoms with Crippen molar-refractivity contribution in [1.29, 1.82) is 0 Å². The molecule has 0 bridgehead atoms. The average molecular weight is 158 g/mol. The van der Waals surface area contributed by atoms with Crippen molar-refractivity contribution in [2.75, 3.05) is 0 Å². The first-order valence-electron chi connectivity index (χ1n) is 0.752. The second kappa shape index (κ2) is 1.28. The summed E-state index contributed by atoms with van der Waals surface area (Å²) in [6.45, 7) is 0. The predicted octanol–water partition coefficient (Wildman–Crippen LogP) is -1.58. The van der Waals surface area contributed by atoms with Crippen LogP contribution in [0.4, 0.5) is 0 Å². The Bertz CT molecular complexity index is 90.1. The maximum atomic E-state index is 9.22. The summed E-state index contributed by atoms with van der Waals surface area (Å²) in [6, 6.07) is 0. The van der Waals surface area contributed by atoms with Gasteiger partial charge < -0.3 is 0 Å². The van der Waals surface area contributed by atoms with Crippen molar-refractivity contribution in [1.82, 2.24) is 0 Å². The van der Waals surface area contributed by atoms with Crippen molar-refractivity contribution < 1.29 is 13.0 Å². The van der Waals surface area contributed by atoms with Crippen LogP contribution < -0.4 is 0 Å². The molecule has 1 unspecified atom stereocenters. The summed E-state index contributed by atoms with van der Waals surface area (Å²) in [6.07, 6.45) is 0. The monoisotopic (exact) mass is 158 g/mol. The summed E-state index contributed by atoms with van der Waals surface area (Å²) in [4.78, 5) is 0. The van der Waals surface area contributed by atoms with E-state index < -0.39 is 8.38 Å². The Morgan fingerprint density at radius 2 is 1.60 bits per heavy atom. The minimum absolute atomic E-state index is 0.319. The molecule has 32 valence electrons. The number of rotatable bonds is 0. The van der Waals surface area contributed by atoms with Crippen LogP contribution in [-0.2, 0) is 8.38 Å². The van der Waals surface area contributed by atoms with Crippen molar-refractivity contribution in [3.05, 3.63) is 0 Å². The van der Waals surface area contributed by atoms with Crippen LogP contribution in [0.5, 0.6) is 0 Å². The van der Waals surface area contributed by atoms with Crippen molar-refractivity contribution in [2.24, 2.45) is 0 Å². The molecule has 0 aromatic carbocycles. The van der Waals surface area contributed by atoms with Crippen LogP contribution in [0.15, 0.2) is 0 Å². The fraction of sp³-hybridized carbons (Fsp3) is 0. The first-order valence-corrected chi connectivity index (χ1v) is 5.22. The van der Waals surface area contributed by atoms with Crippen LogP contribution in [0.2, 0.25) is 0 Å². The Labute approximate surface area is 37.6 Å². The van der Waals surface area contributed by atoms with Gasteiger partial charge in [-0.15, -0.1) is 0 Å². The third kappa shape index (κ3) is 124. The van der Waals surface area contributed by atoms with E-state index in [0.717, 1.165) is 0 Å². The molecule has 0 rings (SSSR count). The van der Waals surface area contributed by atoms with E-state index in [9.17, 15) is 8.42 Å². The standard InChI is InChI=1S/AsH3O3S/c1-5(2,3)4/h1H2,(H,2,3,4). The second-order valence-electron chi connectivity index (χ2n) is 0.515. The minimum atomic E-state index is -3.60. The van der Waals surface area contributed by atoms with Crippen molar-refractivity contribution in [3.8, 4) is 0 Å². The van der Waals surface area contributed by atoms with Gasteiger partial charge in [0.05, 0.1) is 0 Å². The van der Waals surface area contributed by atoms with Crippen LogP contribution in [0, 0.1) is 0 Å². The van der Waals surface area contributed by atoms with E-state index in [0.29, 0.717) is 15.7 Å². The molecule has 3 nitrogen and oxygen atoms in total. The van der Waals surface area contributed by atoms with E-state index in [4.69, 9.17) is 4.55 Å². The fourth-order valence-electron chi connectivity index (χ4n) is 0. The van der Waals surface area contributed by atoms with Crippen LogP contribution in [0.25, 0.3) is 0 Å². The Morgan fingerprint density at radius 1 is 1.60 bits per heavy atom. The summed E-state index contributed by atoms with van der Waals surface area (Å²) >= 11 is 0.319. The predicted molar refractivity (Wildman–Crippen MR) is 20.1 cm³/mol. The zero-order chi connectivity index (χ0) is 4.50. The van der Waals surface area contributed by atoms with Gasteiger partial charge >= 0.3 is 37.0 Å². The molecule has 0 aromatic heterocycles. The third-order valence-electron chi connectivity index (χ3n) is 0. The van der Waals surface area contributed by atoms with Gasteiger partial charge in [-0.1, -0.05) is 0 Å². The van der Waals surface area contributed by atoms with Crippen molar-refractivity contribution in [2.45, 2.75) is 0 Å². The molecule has 0 aromatic rings. The summed E-state index contributed by atoms with van der Waals surface area (Å²) in [5, 5.41) is 0. The van der Waals surface area contributed by atoms with Crippen molar-refractivity contribution in [3.63, 3.8) is 0 Å². The summed E-state index contributed by atoms with van der Waals surface area (Å²) < 4.78 is 26.0. The zero-order valence-corrected chi connectivity index (χ0v) is 5.49. The molecule has 0 aliphatic carbocycles. The van der Waals surface area contributed by atoms with Gasteiger partial charge in [0, 0.05) is 0 Å². The van der Waals surface area contributed by atoms with E-state index in [1.165, 1.54) is 0 Å². The molecule has 0 aliphatic rings. The van der Waals surface area contributed by atoms with Crippen LogP contribution in [0.3, 0.4) is 0 Å². The van der Waals surface area contributed by atoms with Gasteiger partial charge in [-0.2, -0.15) is 0 Å². The van der Waals surface area contributed by atoms with Gasteiger partial charge in [-0.3, -0.25) is 0 Å². The first-order chi connectivity index (χ1) is 2.00. The molecule has 0 fully saturated rings. The molecule has 1 N–H and O–H groups in total. The van der Waals surface area contributed by atoms with Gasteiger partial charge in [0.15, 0.2) is 0 Å². The Balaban J connectivity index is 4.06. The molecule has 5 heteroatoms. The van der Waals surface area contributed by atoms with Gasteiger partial charge in [-0.25, -0.2) is 0 Å². The van der Waals surface area contributed by atoms with Gasteiger partial charge in [0.2, 0.25) is 0 Å². The summed E-state index contributed by atoms with van der Waals surface area (Å²) in [5.74, 6) is 0. The molecule has 0 heterocycles. The average Bonchev–Trinajstić information content (AvgIpc) is 0.722. The number of hydrogen-bond donors (Lipinski definition) is 1. The second-order valence-corrected chi connectivity index (χ2v) is 5.29. The SMILES string of the molecule is O=S(=O)(O)[AsH2]. The molecule has 0 saturated heterocycles. The van der Waals surface area contributed by atoms with E-state index in [-0.39, 0.29) is 0 Å². The van der Waals surface area contributed by atoms with Gasteiger partial charge in [0.25, 0.3) is 0 Å². The molecule has 0 saturated carbocycles. The normalized spacial score (nSPS) is 11.6. The molecule has 5 heavy (non-hydrogen) atoms. The van der Waals surface area contributed by atoms with Crippen LogP contribution in [-0.4, -0.2) is 28.7 Å². The Morgan fingerprint density at radius 3 is 1.60 bits per heavy atom. The fourth-order valence-corrected chi connectivity index (χ4v) is 0. The quantitative estimate of drug-likeness (QED) is 0.342. The van der Waals surface area contributed by atoms with Gasteiger partial charge in [0.1, 0.15) is 0 Å². The maximum absolute atomic E-state index is 9.22. The number of hydrogen-bond acceptors (Lipinski definition) is 2. The van der Waals surface area contributed by atoms with E-state index in [1.54, 1.807) is 0 Å². The summed E-state index contributed by atoms with van der Waals surface area (Å²) in [5.41, 5.74) is 0. The molecular weight excluding hydrogens is 155 g/mol. The van der Waals surface area contributed by atoms with E-state index in [2.05, 4.69) is 0 Å². The third-order valence-corrected chi connectivity index (χ3v) is 0. The molecule has 0 aliphatic heterocycles. The topological polar surface area (TPSA) is 54.4 Å². The summed E-state index contributed by atoms with van der Waals surface area (Å²) in [7, 11) is -3.60. The Kier molecular flexibility index (Phi) is 1.41. The van der Waals surface area contributed by atoms with E-state index >= 15 is 0 Å². The zero-order valence-electron chi connectivity index (χ0n) is 2.25. The molecule has 0 amide bonds. The molecular formula is H3AsO3S. The van der Waals surface area contributed by atoms with Gasteiger partial charge in [-0.05, 0) is 0 Å². The molecule has 0 spiro atoms. The molecule has 0 radical (unpaired) electrons. The molecule has 1 atom stereocenters. The first kappa shape index (κ1) is 5.47.